The van der Waals surface area contributed by atoms with Crippen molar-refractivity contribution in [3.63, 3.8) is 0 Å². The van der Waals surface area contributed by atoms with Gasteiger partial charge in [-0.15, -0.1) is 0 Å². The van der Waals surface area contributed by atoms with E-state index in [4.69, 9.17) is 10.3 Å². The van der Waals surface area contributed by atoms with E-state index in [-0.39, 0.29) is 11.3 Å². The number of aliphatic carboxylic acids is 1. The van der Waals surface area contributed by atoms with E-state index in [0.717, 1.165) is 33.1 Å². The van der Waals surface area contributed by atoms with E-state index in [0.29, 0.717) is 0 Å². The van der Waals surface area contributed by atoms with Crippen LogP contribution in [0.4, 0.5) is 8.78 Å². The Kier molecular flexibility index (Phi) is 4.13. The molecule has 0 heterocycles. The minimum absolute atomic E-state index is 0.271. The van der Waals surface area contributed by atoms with Gasteiger partial charge in [0.25, 0.3) is 0 Å². The van der Waals surface area contributed by atoms with Gasteiger partial charge >= 0.3 is 11.9 Å². The minimum atomic E-state index is -4.00. The van der Waals surface area contributed by atoms with Gasteiger partial charge in [-0.25, -0.2) is 4.79 Å². The first-order valence-electron chi connectivity index (χ1n) is 7.06. The summed E-state index contributed by atoms with van der Waals surface area (Å²) in [6.07, 6.45) is -0.452. The maximum absolute atomic E-state index is 13.4. The normalized spacial score (nSPS) is 13.5. The van der Waals surface area contributed by atoms with Crippen LogP contribution in [0.25, 0.3) is 11.1 Å². The molecule has 4 nitrogen and oxygen atoms in total. The number of benzene rings is 2. The molecule has 2 N–H and O–H groups in total. The first-order valence-corrected chi connectivity index (χ1v) is 7.85. The molecule has 124 valence electrons. The molecular formula is C17H12BrF2NO3. The van der Waals surface area contributed by atoms with Crippen molar-refractivity contribution < 1.29 is 23.9 Å². The summed E-state index contributed by atoms with van der Waals surface area (Å²) in [6.45, 7) is 0. The topological polar surface area (TPSA) is 69.9 Å². The van der Waals surface area contributed by atoms with Crippen LogP contribution in [0.15, 0.2) is 46.0 Å². The van der Waals surface area contributed by atoms with Gasteiger partial charge in [-0.05, 0) is 46.9 Å². The molecule has 3 rings (SSSR count). The molecule has 7 heteroatoms. The lowest BCUT2D eigenvalue weighted by Crippen LogP contribution is -2.31. The summed E-state index contributed by atoms with van der Waals surface area (Å²) in [6, 6.07) is 10.8. The monoisotopic (exact) mass is 395 g/mol. The molecule has 0 unspecified atom stereocenters. The Hall–Kier alpha value is -2.28. The van der Waals surface area contributed by atoms with Crippen LogP contribution >= 0.6 is 15.9 Å². The molecule has 1 aliphatic carbocycles. The second-order valence-electron chi connectivity index (χ2n) is 5.58. The molecule has 0 spiro atoms. The fourth-order valence-electron chi connectivity index (χ4n) is 2.82. The number of carbonyl (C=O) groups is 1. The predicted molar refractivity (Wildman–Crippen MR) is 87.9 cm³/mol. The van der Waals surface area contributed by atoms with Gasteiger partial charge in [-0.2, -0.15) is 8.78 Å². The van der Waals surface area contributed by atoms with Gasteiger partial charge in [-0.3, -0.25) is 0 Å². The van der Waals surface area contributed by atoms with Crippen LogP contribution in [0.1, 0.15) is 23.1 Å². The molecule has 0 bridgehead atoms. The highest BCUT2D eigenvalue weighted by molar-refractivity contribution is 9.10. The molecular weight excluding hydrogens is 384 g/mol. The van der Waals surface area contributed by atoms with E-state index in [1.165, 1.54) is 0 Å². The third kappa shape index (κ3) is 2.91. The zero-order chi connectivity index (χ0) is 17.5. The van der Waals surface area contributed by atoms with E-state index in [2.05, 4.69) is 21.1 Å². The van der Waals surface area contributed by atoms with Crippen molar-refractivity contribution in [3.8, 4) is 11.1 Å². The highest BCUT2D eigenvalue weighted by Crippen LogP contribution is 2.38. The average molecular weight is 396 g/mol. The predicted octanol–water partition coefficient (Wildman–Crippen LogP) is 4.31. The van der Waals surface area contributed by atoms with Crippen LogP contribution < -0.4 is 0 Å². The number of alkyl halides is 2. The fraction of sp³-hybridized carbons (Fsp3) is 0.176. The summed E-state index contributed by atoms with van der Waals surface area (Å²) in [5.74, 6) is -6.25. The van der Waals surface area contributed by atoms with Crippen molar-refractivity contribution >= 4 is 27.6 Å². The van der Waals surface area contributed by atoms with Crippen LogP contribution in [0.2, 0.25) is 0 Å². The van der Waals surface area contributed by atoms with Crippen molar-refractivity contribution in [2.45, 2.75) is 18.8 Å². The summed E-state index contributed by atoms with van der Waals surface area (Å²) < 4.78 is 27.8. The van der Waals surface area contributed by atoms with Gasteiger partial charge in [0.15, 0.2) is 0 Å². The zero-order valence-electron chi connectivity index (χ0n) is 12.3. The van der Waals surface area contributed by atoms with Gasteiger partial charge in [0, 0.05) is 10.0 Å². The number of fused-ring (bicyclic) bond motifs is 3. The van der Waals surface area contributed by atoms with Crippen LogP contribution in [0.3, 0.4) is 0 Å². The van der Waals surface area contributed by atoms with Crippen molar-refractivity contribution in [1.82, 2.24) is 0 Å². The molecule has 0 radical (unpaired) electrons. The van der Waals surface area contributed by atoms with Crippen molar-refractivity contribution in [3.05, 3.63) is 57.6 Å². The maximum atomic E-state index is 13.4. The molecule has 0 amide bonds. The van der Waals surface area contributed by atoms with Gasteiger partial charge in [0.05, 0.1) is 12.1 Å². The minimum Gasteiger partial charge on any atom is -0.477 e. The van der Waals surface area contributed by atoms with E-state index < -0.39 is 18.3 Å². The third-order valence-corrected chi connectivity index (χ3v) is 4.50. The maximum Gasteiger partial charge on any atom is 0.374 e. The Bertz CT molecular complexity index is 865. The SMILES string of the molecule is O=C(O)C(F)(F)C/C(=N\O)c1ccc2c(c1)-c1ccc(Br)cc1C2. The van der Waals surface area contributed by atoms with E-state index >= 15 is 0 Å². The third-order valence-electron chi connectivity index (χ3n) is 4.00. The largest absolute Gasteiger partial charge is 0.477 e. The van der Waals surface area contributed by atoms with Crippen molar-refractivity contribution in [2.75, 3.05) is 0 Å². The number of rotatable bonds is 4. The van der Waals surface area contributed by atoms with Crippen molar-refractivity contribution in [2.24, 2.45) is 5.16 Å². The molecule has 0 aromatic heterocycles. The molecule has 2 aromatic carbocycles. The standard InChI is InChI=1S/C17H12BrF2NO3/c18-12-3-4-13-11(6-12)5-9-1-2-10(7-14(9)13)15(21-24)8-17(19,20)16(22)23/h1-4,6-7,24H,5,8H2,(H,22,23)/b21-15+. The van der Waals surface area contributed by atoms with Crippen LogP contribution in [-0.2, 0) is 11.2 Å². The lowest BCUT2D eigenvalue weighted by Gasteiger charge is -2.13. The second kappa shape index (κ2) is 5.98. The van der Waals surface area contributed by atoms with Gasteiger partial charge in [-0.1, -0.05) is 39.3 Å². The smallest absolute Gasteiger partial charge is 0.374 e. The second-order valence-corrected chi connectivity index (χ2v) is 6.50. The molecule has 0 fully saturated rings. The lowest BCUT2D eigenvalue weighted by molar-refractivity contribution is -0.163. The summed E-state index contributed by atoms with van der Waals surface area (Å²) in [7, 11) is 0. The first-order chi connectivity index (χ1) is 11.3. The van der Waals surface area contributed by atoms with Crippen LogP contribution in [0, 0.1) is 0 Å². The summed E-state index contributed by atoms with van der Waals surface area (Å²) in [5, 5.41) is 20.5. The number of hydrogen-bond donors (Lipinski definition) is 2. The first kappa shape index (κ1) is 16.6. The van der Waals surface area contributed by atoms with E-state index in [1.807, 2.05) is 18.2 Å². The number of oxime groups is 1. The summed E-state index contributed by atoms with van der Waals surface area (Å²) in [5.41, 5.74) is 3.90. The highest BCUT2D eigenvalue weighted by Gasteiger charge is 2.40. The number of nitrogens with zero attached hydrogens (tertiary/aromatic N) is 1. The molecule has 24 heavy (non-hydrogen) atoms. The molecule has 2 aromatic rings. The highest BCUT2D eigenvalue weighted by atomic mass is 79.9. The summed E-state index contributed by atoms with van der Waals surface area (Å²) in [4.78, 5) is 10.6. The number of halogens is 3. The Labute approximate surface area is 144 Å². The molecule has 0 aliphatic heterocycles. The van der Waals surface area contributed by atoms with Crippen LogP contribution in [-0.4, -0.2) is 27.9 Å². The average Bonchev–Trinajstić information content (AvgIpc) is 2.88. The zero-order valence-corrected chi connectivity index (χ0v) is 13.8. The molecule has 0 saturated heterocycles. The summed E-state index contributed by atoms with van der Waals surface area (Å²) >= 11 is 3.41. The fourth-order valence-corrected chi connectivity index (χ4v) is 3.23. The number of hydrogen-bond acceptors (Lipinski definition) is 3. The number of carboxylic acid groups (broad SMARTS) is 1. The Balaban J connectivity index is 1.99. The quantitative estimate of drug-likeness (QED) is 0.392. The van der Waals surface area contributed by atoms with Crippen molar-refractivity contribution in [1.29, 1.82) is 0 Å². The number of carboxylic acids is 1. The van der Waals surface area contributed by atoms with E-state index in [1.54, 1.807) is 18.2 Å². The molecule has 0 atom stereocenters. The molecule has 1 aliphatic rings. The Morgan fingerprint density at radius 1 is 1.17 bits per heavy atom. The lowest BCUT2D eigenvalue weighted by atomic mass is 9.98. The van der Waals surface area contributed by atoms with E-state index in [9.17, 15) is 13.6 Å². The van der Waals surface area contributed by atoms with Gasteiger partial charge in [0.2, 0.25) is 0 Å². The Morgan fingerprint density at radius 3 is 2.58 bits per heavy atom. The molecule has 0 saturated carbocycles. The van der Waals surface area contributed by atoms with Gasteiger partial charge in [0.1, 0.15) is 0 Å². The van der Waals surface area contributed by atoms with Gasteiger partial charge < -0.3 is 10.3 Å². The van der Waals surface area contributed by atoms with Crippen LogP contribution in [0.5, 0.6) is 0 Å². The Morgan fingerprint density at radius 2 is 1.92 bits per heavy atom.